The quantitative estimate of drug-likeness (QED) is 0.705. The molecule has 0 saturated carbocycles. The number of hydrogen-bond acceptors (Lipinski definition) is 4. The third-order valence-electron chi connectivity index (χ3n) is 1.66. The first-order chi connectivity index (χ1) is 6.76. The van der Waals surface area contributed by atoms with Crippen LogP contribution in [0.3, 0.4) is 0 Å². The van der Waals surface area contributed by atoms with Crippen molar-refractivity contribution in [1.82, 2.24) is 5.32 Å². The zero-order valence-corrected chi connectivity index (χ0v) is 9.57. The monoisotopic (exact) mass is 235 g/mol. The molecule has 1 rings (SSSR count). The number of hydrogen-bond donors (Lipinski definition) is 2. The van der Waals surface area contributed by atoms with Crippen LogP contribution in [-0.2, 0) is 4.74 Å². The van der Waals surface area contributed by atoms with Crippen LogP contribution >= 0.6 is 23.4 Å². The molecule has 0 aromatic rings. The second kappa shape index (κ2) is 6.35. The first-order valence-corrected chi connectivity index (χ1v) is 6.09. The molecular formula is C9H14ClNO2S. The highest BCUT2D eigenvalue weighted by Gasteiger charge is 2.12. The first-order valence-electron chi connectivity index (χ1n) is 4.32. The maximum Gasteiger partial charge on any atom is 0.148 e. The van der Waals surface area contributed by atoms with Gasteiger partial charge in [0.2, 0.25) is 0 Å². The van der Waals surface area contributed by atoms with Crippen molar-refractivity contribution in [3.63, 3.8) is 0 Å². The molecule has 0 radical (unpaired) electrons. The molecule has 0 amide bonds. The highest BCUT2D eigenvalue weighted by Crippen LogP contribution is 2.16. The fourth-order valence-electron chi connectivity index (χ4n) is 1.15. The molecule has 1 heterocycles. The molecule has 0 bridgehead atoms. The number of allylic oxidation sites excluding steroid dienone is 1. The summed E-state index contributed by atoms with van der Waals surface area (Å²) in [5.41, 5.74) is 1.14. The average molecular weight is 236 g/mol. The minimum Gasteiger partial charge on any atom is -0.394 e. The van der Waals surface area contributed by atoms with E-state index < -0.39 is 0 Å². The van der Waals surface area contributed by atoms with Gasteiger partial charge in [0.25, 0.3) is 0 Å². The Balaban J connectivity index is 2.51. The summed E-state index contributed by atoms with van der Waals surface area (Å²) in [6.45, 7) is 0.329. The highest BCUT2D eigenvalue weighted by molar-refractivity contribution is 7.98. The van der Waals surface area contributed by atoms with Crippen molar-refractivity contribution < 1.29 is 9.84 Å². The van der Waals surface area contributed by atoms with E-state index in [2.05, 4.69) is 5.32 Å². The van der Waals surface area contributed by atoms with Gasteiger partial charge in [-0.25, -0.2) is 0 Å². The van der Waals surface area contributed by atoms with E-state index in [0.717, 1.165) is 11.3 Å². The third-order valence-corrected chi connectivity index (χ3v) is 2.50. The maximum absolute atomic E-state index is 8.61. The van der Waals surface area contributed by atoms with E-state index in [1.165, 1.54) is 0 Å². The number of nitrogens with one attached hydrogen (secondary N) is 1. The summed E-state index contributed by atoms with van der Waals surface area (Å²) in [7, 11) is 0. The number of rotatable bonds is 5. The molecule has 1 aliphatic rings. The second-order valence-corrected chi connectivity index (χ2v) is 4.10. The lowest BCUT2D eigenvalue weighted by Gasteiger charge is -2.21. The van der Waals surface area contributed by atoms with Gasteiger partial charge in [-0.1, -0.05) is 11.6 Å². The van der Waals surface area contributed by atoms with Crippen LogP contribution < -0.4 is 5.32 Å². The molecule has 0 aliphatic carbocycles. The van der Waals surface area contributed by atoms with Crippen LogP contribution in [0.2, 0.25) is 0 Å². The van der Waals surface area contributed by atoms with Crippen LogP contribution in [0, 0.1) is 0 Å². The zero-order valence-electron chi connectivity index (χ0n) is 8.00. The summed E-state index contributed by atoms with van der Waals surface area (Å²) >= 11 is 7.61. The minimum atomic E-state index is -0.221. The molecule has 3 nitrogen and oxygen atoms in total. The topological polar surface area (TPSA) is 41.5 Å². The molecule has 1 unspecified atom stereocenters. The van der Waals surface area contributed by atoms with Crippen molar-refractivity contribution >= 4 is 23.4 Å². The predicted octanol–water partition coefficient (Wildman–Crippen LogP) is 1.29. The molecule has 0 saturated heterocycles. The third kappa shape index (κ3) is 3.92. The Morgan fingerprint density at radius 3 is 3.14 bits per heavy atom. The van der Waals surface area contributed by atoms with Crippen LogP contribution in [0.4, 0.5) is 0 Å². The molecule has 0 aromatic carbocycles. The van der Waals surface area contributed by atoms with Crippen LogP contribution in [0.5, 0.6) is 0 Å². The number of halogens is 1. The molecule has 2 N–H and O–H groups in total. The Morgan fingerprint density at radius 1 is 1.71 bits per heavy atom. The number of aliphatic hydroxyl groups is 1. The SMILES string of the molecule is CSCC1=CC(OCCO)NC(Cl)=C1. The van der Waals surface area contributed by atoms with Gasteiger partial charge >= 0.3 is 0 Å². The molecule has 1 aliphatic heterocycles. The Hall–Kier alpha value is -0.160. The van der Waals surface area contributed by atoms with Crippen molar-refractivity contribution in [2.75, 3.05) is 25.2 Å². The van der Waals surface area contributed by atoms with Crippen molar-refractivity contribution in [3.05, 3.63) is 22.9 Å². The summed E-state index contributed by atoms with van der Waals surface area (Å²) in [6, 6.07) is 0. The lowest BCUT2D eigenvalue weighted by Crippen LogP contribution is -2.31. The molecular weight excluding hydrogens is 222 g/mol. The van der Waals surface area contributed by atoms with Crippen LogP contribution in [0.25, 0.3) is 0 Å². The standard InChI is InChI=1S/C9H14ClNO2S/c1-14-6-7-4-8(10)11-9(5-7)13-3-2-12/h4-5,9,11-12H,2-3,6H2,1H3. The molecule has 1 atom stereocenters. The van der Waals surface area contributed by atoms with E-state index in [9.17, 15) is 0 Å². The summed E-state index contributed by atoms with van der Waals surface area (Å²) in [6.07, 6.45) is 5.67. The smallest absolute Gasteiger partial charge is 0.148 e. The predicted molar refractivity (Wildman–Crippen MR) is 60.4 cm³/mol. The van der Waals surface area contributed by atoms with Crippen LogP contribution in [-0.4, -0.2) is 36.6 Å². The van der Waals surface area contributed by atoms with Gasteiger partial charge in [-0.05, 0) is 24.0 Å². The summed E-state index contributed by atoms with van der Waals surface area (Å²) in [5.74, 6) is 0.914. The summed E-state index contributed by atoms with van der Waals surface area (Å²) < 4.78 is 5.31. The Kier molecular flexibility index (Phi) is 5.40. The lowest BCUT2D eigenvalue weighted by molar-refractivity contribution is 0.0422. The van der Waals surface area contributed by atoms with Gasteiger partial charge in [0, 0.05) is 5.75 Å². The van der Waals surface area contributed by atoms with E-state index in [1.807, 2.05) is 18.4 Å². The highest BCUT2D eigenvalue weighted by atomic mass is 35.5. The normalized spacial score (nSPS) is 21.2. The second-order valence-electron chi connectivity index (χ2n) is 2.83. The van der Waals surface area contributed by atoms with E-state index in [-0.39, 0.29) is 12.8 Å². The van der Waals surface area contributed by atoms with Crippen molar-refractivity contribution in [2.24, 2.45) is 0 Å². The number of dihydropyridines is 1. The van der Waals surface area contributed by atoms with Gasteiger partial charge in [-0.15, -0.1) is 0 Å². The van der Waals surface area contributed by atoms with Crippen molar-refractivity contribution in [2.45, 2.75) is 6.23 Å². The van der Waals surface area contributed by atoms with E-state index in [1.54, 1.807) is 11.8 Å². The fraction of sp³-hybridized carbons (Fsp3) is 0.556. The van der Waals surface area contributed by atoms with E-state index in [4.69, 9.17) is 21.4 Å². The molecule has 0 fully saturated rings. The first kappa shape index (κ1) is 11.9. The van der Waals surface area contributed by atoms with Crippen LogP contribution in [0.1, 0.15) is 0 Å². The van der Waals surface area contributed by atoms with Gasteiger partial charge in [-0.2, -0.15) is 11.8 Å². The van der Waals surface area contributed by atoms with Gasteiger partial charge < -0.3 is 15.2 Å². The van der Waals surface area contributed by atoms with E-state index in [0.29, 0.717) is 11.8 Å². The average Bonchev–Trinajstić information content (AvgIpc) is 2.14. The Labute approximate surface area is 93.2 Å². The van der Waals surface area contributed by atoms with Crippen molar-refractivity contribution in [1.29, 1.82) is 0 Å². The van der Waals surface area contributed by atoms with Gasteiger partial charge in [0.1, 0.15) is 11.4 Å². The Morgan fingerprint density at radius 2 is 2.50 bits per heavy atom. The van der Waals surface area contributed by atoms with Crippen molar-refractivity contribution in [3.8, 4) is 0 Å². The number of aliphatic hydroxyl groups excluding tert-OH is 1. The van der Waals surface area contributed by atoms with Gasteiger partial charge in [0.05, 0.1) is 13.2 Å². The largest absolute Gasteiger partial charge is 0.394 e. The summed E-state index contributed by atoms with van der Waals surface area (Å²) in [5, 5.41) is 12.1. The zero-order chi connectivity index (χ0) is 10.4. The van der Waals surface area contributed by atoms with E-state index >= 15 is 0 Å². The molecule has 80 valence electrons. The molecule has 5 heteroatoms. The fourth-order valence-corrected chi connectivity index (χ4v) is 1.91. The van der Waals surface area contributed by atoms with Gasteiger partial charge in [-0.3, -0.25) is 0 Å². The van der Waals surface area contributed by atoms with Gasteiger partial charge in [0.15, 0.2) is 0 Å². The minimum absolute atomic E-state index is 0.0191. The number of ether oxygens (including phenoxy) is 1. The molecule has 14 heavy (non-hydrogen) atoms. The molecule has 0 spiro atoms. The molecule has 0 aromatic heterocycles. The number of thioether (sulfide) groups is 1. The van der Waals surface area contributed by atoms with Crippen LogP contribution in [0.15, 0.2) is 22.9 Å². The lowest BCUT2D eigenvalue weighted by atomic mass is 10.2. The maximum atomic E-state index is 8.61. The Bertz CT molecular complexity index is 243. The summed E-state index contributed by atoms with van der Waals surface area (Å²) in [4.78, 5) is 0.